The summed E-state index contributed by atoms with van der Waals surface area (Å²) in [6.07, 6.45) is 5.74. The quantitative estimate of drug-likeness (QED) is 0.906. The predicted octanol–water partition coefficient (Wildman–Crippen LogP) is 3.57. The molecule has 2 aliphatic rings. The number of fused-ring (bicyclic) bond motifs is 2. The van der Waals surface area contributed by atoms with Crippen LogP contribution in [-0.2, 0) is 6.54 Å². The molecule has 4 nitrogen and oxygen atoms in total. The Hall–Kier alpha value is -0.590. The molecule has 1 N–H and O–H groups in total. The zero-order valence-electron chi connectivity index (χ0n) is 12.2. The number of halogens is 2. The van der Waals surface area contributed by atoms with Gasteiger partial charge < -0.3 is 9.73 Å². The van der Waals surface area contributed by atoms with Crippen LogP contribution in [0.15, 0.2) is 28.2 Å². The number of aromatic nitrogens is 1. The van der Waals surface area contributed by atoms with Crippen molar-refractivity contribution in [3.05, 3.63) is 29.5 Å². The van der Waals surface area contributed by atoms with E-state index >= 15 is 0 Å². The van der Waals surface area contributed by atoms with Gasteiger partial charge in [-0.1, -0.05) is 6.07 Å². The molecule has 2 aromatic rings. The Balaban J connectivity index is 0.000000882. The van der Waals surface area contributed by atoms with E-state index in [0.717, 1.165) is 42.1 Å². The summed E-state index contributed by atoms with van der Waals surface area (Å²) in [6, 6.07) is 5.49. The van der Waals surface area contributed by atoms with E-state index in [1.165, 1.54) is 19.3 Å². The lowest BCUT2D eigenvalue weighted by atomic mass is 10.1. The minimum atomic E-state index is 0. The van der Waals surface area contributed by atoms with Gasteiger partial charge in [0.05, 0.1) is 10.6 Å². The number of nitrogens with zero attached hydrogens (tertiary/aromatic N) is 2. The topological polar surface area (TPSA) is 41.3 Å². The van der Waals surface area contributed by atoms with Crippen molar-refractivity contribution in [1.29, 1.82) is 0 Å². The maximum absolute atomic E-state index is 5.60. The fourth-order valence-corrected chi connectivity index (χ4v) is 3.94. The smallest absolute Gasteiger partial charge is 0.236 e. The summed E-state index contributed by atoms with van der Waals surface area (Å²) in [7, 11) is 0. The molecule has 7 heteroatoms. The van der Waals surface area contributed by atoms with Crippen molar-refractivity contribution in [2.24, 2.45) is 0 Å². The van der Waals surface area contributed by atoms with Crippen LogP contribution in [-0.4, -0.2) is 35.1 Å². The normalized spacial score (nSPS) is 24.4. The number of oxazole rings is 1. The molecule has 4 heterocycles. The molecular weight excluding hydrogens is 341 g/mol. The van der Waals surface area contributed by atoms with Gasteiger partial charge in [0, 0.05) is 31.7 Å². The molecule has 0 aliphatic carbocycles. The van der Waals surface area contributed by atoms with Crippen LogP contribution in [0, 0.1) is 0 Å². The summed E-state index contributed by atoms with van der Waals surface area (Å²) in [5.74, 6) is 0.754. The second-order valence-corrected chi connectivity index (χ2v) is 6.73. The van der Waals surface area contributed by atoms with Gasteiger partial charge in [-0.2, -0.15) is 0 Å². The lowest BCUT2D eigenvalue weighted by Gasteiger charge is -2.22. The first-order chi connectivity index (χ1) is 9.87. The summed E-state index contributed by atoms with van der Waals surface area (Å²) in [4.78, 5) is 8.23. The largest absolute Gasteiger partial charge is 0.444 e. The van der Waals surface area contributed by atoms with Crippen molar-refractivity contribution in [2.75, 3.05) is 13.1 Å². The maximum Gasteiger partial charge on any atom is 0.236 e. The van der Waals surface area contributed by atoms with E-state index in [2.05, 4.69) is 26.6 Å². The molecule has 2 fully saturated rings. The van der Waals surface area contributed by atoms with Crippen LogP contribution in [0.2, 0.25) is 0 Å². The first-order valence-corrected chi connectivity index (χ1v) is 8.21. The Morgan fingerprint density at radius 2 is 2.14 bits per heavy atom. The third-order valence-corrected chi connectivity index (χ3v) is 5.13. The van der Waals surface area contributed by atoms with Crippen molar-refractivity contribution < 1.29 is 4.42 Å². The highest BCUT2D eigenvalue weighted by Gasteiger charge is 2.29. The molecule has 2 unspecified atom stereocenters. The summed E-state index contributed by atoms with van der Waals surface area (Å²) >= 11 is 1.67. The van der Waals surface area contributed by atoms with Crippen LogP contribution in [0.3, 0.4) is 0 Å². The molecule has 122 valence electrons. The van der Waals surface area contributed by atoms with E-state index in [-0.39, 0.29) is 24.8 Å². The summed E-state index contributed by atoms with van der Waals surface area (Å²) in [5.41, 5.74) is 1.05. The fourth-order valence-electron chi connectivity index (χ4n) is 3.28. The van der Waals surface area contributed by atoms with E-state index in [9.17, 15) is 0 Å². The first kappa shape index (κ1) is 17.8. The maximum atomic E-state index is 5.60. The van der Waals surface area contributed by atoms with Crippen LogP contribution in [0.25, 0.3) is 10.8 Å². The number of likely N-dealkylation sites (tertiary alicyclic amines) is 1. The Labute approximate surface area is 147 Å². The van der Waals surface area contributed by atoms with Crippen molar-refractivity contribution in [2.45, 2.75) is 37.9 Å². The van der Waals surface area contributed by atoms with Gasteiger partial charge in [-0.25, -0.2) is 4.98 Å². The zero-order valence-corrected chi connectivity index (χ0v) is 14.7. The Bertz CT molecular complexity index is 575. The second-order valence-electron chi connectivity index (χ2n) is 5.78. The molecule has 0 spiro atoms. The van der Waals surface area contributed by atoms with Gasteiger partial charge in [0.25, 0.3) is 0 Å². The lowest BCUT2D eigenvalue weighted by molar-refractivity contribution is 0.248. The molecule has 22 heavy (non-hydrogen) atoms. The third-order valence-electron chi connectivity index (χ3n) is 4.28. The molecule has 0 radical (unpaired) electrons. The average Bonchev–Trinajstić information content (AvgIpc) is 3.13. The molecule has 2 bridgehead atoms. The SMILES string of the molecule is Cl.Cl.c1csc(-c2nc(CN3CCC4CCC(C3)N4)co2)c1. The minimum Gasteiger partial charge on any atom is -0.444 e. The van der Waals surface area contributed by atoms with E-state index in [0.29, 0.717) is 6.04 Å². The monoisotopic (exact) mass is 361 g/mol. The van der Waals surface area contributed by atoms with Crippen molar-refractivity contribution in [3.8, 4) is 10.8 Å². The minimum absolute atomic E-state index is 0. The highest BCUT2D eigenvalue weighted by Crippen LogP contribution is 2.25. The van der Waals surface area contributed by atoms with Crippen LogP contribution < -0.4 is 5.32 Å². The van der Waals surface area contributed by atoms with E-state index in [1.54, 1.807) is 11.3 Å². The third kappa shape index (κ3) is 3.84. The molecule has 2 aliphatic heterocycles. The lowest BCUT2D eigenvalue weighted by Crippen LogP contribution is -2.35. The van der Waals surface area contributed by atoms with Crippen LogP contribution in [0.4, 0.5) is 0 Å². The highest BCUT2D eigenvalue weighted by atomic mass is 35.5. The van der Waals surface area contributed by atoms with Crippen molar-refractivity contribution >= 4 is 36.2 Å². The Morgan fingerprint density at radius 1 is 1.27 bits per heavy atom. The van der Waals surface area contributed by atoms with Crippen LogP contribution in [0.5, 0.6) is 0 Å². The summed E-state index contributed by atoms with van der Waals surface area (Å²) in [6.45, 7) is 3.20. The molecule has 0 saturated carbocycles. The molecule has 2 saturated heterocycles. The number of hydrogen-bond donors (Lipinski definition) is 1. The van der Waals surface area contributed by atoms with Crippen LogP contribution >= 0.6 is 36.2 Å². The van der Waals surface area contributed by atoms with Crippen LogP contribution in [0.1, 0.15) is 25.0 Å². The van der Waals surface area contributed by atoms with Crippen molar-refractivity contribution in [3.63, 3.8) is 0 Å². The van der Waals surface area contributed by atoms with E-state index in [4.69, 9.17) is 4.42 Å². The molecular formula is C15H21Cl2N3OS. The summed E-state index contributed by atoms with van der Waals surface area (Å²) in [5, 5.41) is 5.76. The number of nitrogens with one attached hydrogen (secondary N) is 1. The molecule has 0 aromatic carbocycles. The Kier molecular flexibility index (Phi) is 6.29. The van der Waals surface area contributed by atoms with Crippen molar-refractivity contribution in [1.82, 2.24) is 15.2 Å². The standard InChI is InChI=1S/C15H19N3OS.2ClH/c1-2-14(20-7-1)15-17-13(10-19-15)9-18-6-5-11-3-4-12(8-18)16-11;;/h1-2,7,10-12,16H,3-6,8-9H2;2*1H. The fraction of sp³-hybridized carbons (Fsp3) is 0.533. The summed E-state index contributed by atoms with van der Waals surface area (Å²) < 4.78 is 5.60. The van der Waals surface area contributed by atoms with Gasteiger partial charge in [0.1, 0.15) is 6.26 Å². The highest BCUT2D eigenvalue weighted by molar-refractivity contribution is 7.13. The van der Waals surface area contributed by atoms with E-state index in [1.807, 2.05) is 12.3 Å². The van der Waals surface area contributed by atoms with Gasteiger partial charge in [-0.3, -0.25) is 4.90 Å². The number of rotatable bonds is 3. The molecule has 4 rings (SSSR count). The Morgan fingerprint density at radius 3 is 2.95 bits per heavy atom. The number of hydrogen-bond acceptors (Lipinski definition) is 5. The number of thiophene rings is 1. The van der Waals surface area contributed by atoms with E-state index < -0.39 is 0 Å². The van der Waals surface area contributed by atoms with Gasteiger partial charge in [-0.05, 0) is 30.7 Å². The second kappa shape index (κ2) is 7.79. The molecule has 0 amide bonds. The first-order valence-electron chi connectivity index (χ1n) is 7.33. The van der Waals surface area contributed by atoms with Gasteiger partial charge in [0.2, 0.25) is 5.89 Å². The van der Waals surface area contributed by atoms with Gasteiger partial charge >= 0.3 is 0 Å². The zero-order chi connectivity index (χ0) is 13.4. The van der Waals surface area contributed by atoms with Gasteiger partial charge in [0.15, 0.2) is 0 Å². The molecule has 2 aromatic heterocycles. The average molecular weight is 362 g/mol. The predicted molar refractivity (Wildman–Crippen MR) is 94.2 cm³/mol. The molecule has 2 atom stereocenters. The van der Waals surface area contributed by atoms with Gasteiger partial charge in [-0.15, -0.1) is 36.2 Å².